The molecule has 0 radical (unpaired) electrons. The molecule has 0 aliphatic carbocycles. The van der Waals surface area contributed by atoms with Crippen molar-refractivity contribution in [2.45, 2.75) is 64.2 Å². The third-order valence-corrected chi connectivity index (χ3v) is 10.6. The van der Waals surface area contributed by atoms with E-state index in [-0.39, 0.29) is 56.2 Å². The van der Waals surface area contributed by atoms with Gasteiger partial charge in [0, 0.05) is 67.4 Å². The van der Waals surface area contributed by atoms with Crippen LogP contribution >= 0.6 is 0 Å². The molecule has 1 saturated heterocycles. The number of imide groups is 1. The number of nitrogens with one attached hydrogen (secondary N) is 4. The van der Waals surface area contributed by atoms with Crippen molar-refractivity contribution >= 4 is 40.9 Å². The summed E-state index contributed by atoms with van der Waals surface area (Å²) in [6.45, 7) is 2.50. The summed E-state index contributed by atoms with van der Waals surface area (Å²) in [6, 6.07) is 21.1. The highest BCUT2D eigenvalue weighted by atomic mass is 16.5. The Bertz CT molecular complexity index is 2410. The molecule has 1 unspecified atom stereocenters. The Balaban J connectivity index is 0.718. The summed E-state index contributed by atoms with van der Waals surface area (Å²) in [5.74, 6) is 0.403. The second kappa shape index (κ2) is 21.7. The van der Waals surface area contributed by atoms with Gasteiger partial charge >= 0.3 is 0 Å². The minimum absolute atomic E-state index is 0.161. The van der Waals surface area contributed by atoms with Crippen LogP contribution in [0, 0.1) is 0 Å². The number of amides is 5. The van der Waals surface area contributed by atoms with Crippen LogP contribution in [0.5, 0.6) is 5.75 Å². The number of ether oxygens (including phenoxy) is 3. The minimum atomic E-state index is -0.731. The van der Waals surface area contributed by atoms with Crippen LogP contribution in [-0.4, -0.2) is 98.2 Å². The molecule has 18 heteroatoms. The van der Waals surface area contributed by atoms with Gasteiger partial charge in [0.2, 0.25) is 17.7 Å². The van der Waals surface area contributed by atoms with Crippen molar-refractivity contribution in [3.8, 4) is 17.3 Å². The summed E-state index contributed by atoms with van der Waals surface area (Å²) < 4.78 is 19.0. The van der Waals surface area contributed by atoms with Crippen LogP contribution < -0.4 is 26.0 Å². The molecule has 63 heavy (non-hydrogen) atoms. The van der Waals surface area contributed by atoms with Crippen LogP contribution in [-0.2, 0) is 50.5 Å². The molecule has 5 amide bonds. The van der Waals surface area contributed by atoms with E-state index in [1.54, 1.807) is 42.6 Å². The molecule has 1 fully saturated rings. The molecule has 2 aliphatic rings. The third-order valence-electron chi connectivity index (χ3n) is 10.6. The normalized spacial score (nSPS) is 14.6. The van der Waals surface area contributed by atoms with Crippen LogP contribution in [0.4, 0.5) is 11.4 Å². The van der Waals surface area contributed by atoms with Crippen LogP contribution in [0.1, 0.15) is 76.2 Å². The molecule has 0 bridgehead atoms. The Morgan fingerprint density at radius 3 is 2.54 bits per heavy atom. The van der Waals surface area contributed by atoms with E-state index in [0.29, 0.717) is 72.6 Å². The molecule has 2 aliphatic heterocycles. The Morgan fingerprint density at radius 1 is 0.873 bits per heavy atom. The Morgan fingerprint density at radius 2 is 1.70 bits per heavy atom. The quantitative estimate of drug-likeness (QED) is 0.0568. The van der Waals surface area contributed by atoms with E-state index < -0.39 is 11.9 Å². The number of carbonyl (C=O) groups is 5. The lowest BCUT2D eigenvalue weighted by molar-refractivity contribution is -0.137. The van der Waals surface area contributed by atoms with Gasteiger partial charge in [-0.1, -0.05) is 30.7 Å². The lowest BCUT2D eigenvalue weighted by atomic mass is 10.0. The molecule has 0 saturated carbocycles. The molecule has 7 rings (SSSR count). The monoisotopic (exact) mass is 858 g/mol. The fourth-order valence-electron chi connectivity index (χ4n) is 7.27. The van der Waals surface area contributed by atoms with Crippen molar-refractivity contribution in [2.24, 2.45) is 7.05 Å². The zero-order chi connectivity index (χ0) is 44.0. The molecule has 4 N–H and O–H groups in total. The Hall–Kier alpha value is -7.05. The summed E-state index contributed by atoms with van der Waals surface area (Å²) in [5, 5.41) is 20.0. The fourth-order valence-corrected chi connectivity index (χ4v) is 7.27. The summed E-state index contributed by atoms with van der Waals surface area (Å²) in [7, 11) is 1.88. The number of benzene rings is 3. The number of hydrogen-bond donors (Lipinski definition) is 4. The van der Waals surface area contributed by atoms with Gasteiger partial charge in [0.15, 0.2) is 11.6 Å². The van der Waals surface area contributed by atoms with E-state index in [2.05, 4.69) is 41.4 Å². The fraction of sp³-hybridized carbons (Fsp3) is 0.356. The topological polar surface area (TPSA) is 221 Å². The smallest absolute Gasteiger partial charge is 0.255 e. The average molecular weight is 859 g/mol. The highest BCUT2D eigenvalue weighted by Gasteiger charge is 2.40. The van der Waals surface area contributed by atoms with Crippen molar-refractivity contribution in [2.75, 3.05) is 43.7 Å². The molecule has 5 aromatic rings. The number of fused-ring (bicyclic) bond motifs is 1. The summed E-state index contributed by atoms with van der Waals surface area (Å²) in [4.78, 5) is 72.3. The first-order valence-electron chi connectivity index (χ1n) is 20.9. The minimum Gasteiger partial charge on any atom is -0.494 e. The first-order valence-corrected chi connectivity index (χ1v) is 20.9. The number of hydrogen-bond acceptors (Lipinski definition) is 13. The zero-order valence-electron chi connectivity index (χ0n) is 35.0. The van der Waals surface area contributed by atoms with Crippen LogP contribution in [0.3, 0.4) is 0 Å². The van der Waals surface area contributed by atoms with E-state index in [4.69, 9.17) is 14.2 Å². The SMILES string of the molecule is Cn1c(CNc2cccc(C(=O)NCc3cccc(OCCCCCCOCCOCC(=O)Nc4cccc5c4CN(C4CCC(=O)NC4=O)C5=O)c3)c2)nnc1-c1ccncn1. The largest absolute Gasteiger partial charge is 0.494 e. The van der Waals surface area contributed by atoms with Crippen molar-refractivity contribution in [1.29, 1.82) is 0 Å². The van der Waals surface area contributed by atoms with Crippen molar-refractivity contribution in [3.63, 3.8) is 0 Å². The number of piperidine rings is 1. The van der Waals surface area contributed by atoms with Crippen molar-refractivity contribution < 1.29 is 38.2 Å². The van der Waals surface area contributed by atoms with Crippen molar-refractivity contribution in [3.05, 3.63) is 113 Å². The lowest BCUT2D eigenvalue weighted by Gasteiger charge is -2.29. The van der Waals surface area contributed by atoms with Crippen LogP contribution in [0.25, 0.3) is 11.5 Å². The van der Waals surface area contributed by atoms with E-state index in [9.17, 15) is 24.0 Å². The van der Waals surface area contributed by atoms with E-state index in [1.165, 1.54) is 11.2 Å². The molecule has 2 aromatic heterocycles. The van der Waals surface area contributed by atoms with Crippen LogP contribution in [0.2, 0.25) is 0 Å². The van der Waals surface area contributed by atoms with Gasteiger partial charge in [-0.05, 0) is 79.8 Å². The van der Waals surface area contributed by atoms with Gasteiger partial charge in [-0.2, -0.15) is 0 Å². The van der Waals surface area contributed by atoms with E-state index >= 15 is 0 Å². The van der Waals surface area contributed by atoms with Crippen LogP contribution in [0.15, 0.2) is 85.3 Å². The molecule has 1 atom stereocenters. The number of rotatable bonds is 22. The Labute approximate surface area is 364 Å². The van der Waals surface area contributed by atoms with Gasteiger partial charge in [0.25, 0.3) is 11.8 Å². The molecule has 3 aromatic carbocycles. The predicted octanol–water partition coefficient (Wildman–Crippen LogP) is 4.19. The molecular weight excluding hydrogens is 809 g/mol. The molecule has 4 heterocycles. The Kier molecular flexibility index (Phi) is 15.1. The average Bonchev–Trinajstić information content (AvgIpc) is 3.84. The van der Waals surface area contributed by atoms with Gasteiger partial charge in [0.05, 0.1) is 26.4 Å². The lowest BCUT2D eigenvalue weighted by Crippen LogP contribution is -2.52. The first kappa shape index (κ1) is 44.0. The van der Waals surface area contributed by atoms with Gasteiger partial charge < -0.3 is 39.6 Å². The second-order valence-corrected chi connectivity index (χ2v) is 15.1. The zero-order valence-corrected chi connectivity index (χ0v) is 35.0. The first-order chi connectivity index (χ1) is 30.7. The molecule has 18 nitrogen and oxygen atoms in total. The summed E-state index contributed by atoms with van der Waals surface area (Å²) in [6.07, 6.45) is 7.29. The third kappa shape index (κ3) is 11.9. The van der Waals surface area contributed by atoms with Gasteiger partial charge in [-0.15, -0.1) is 10.2 Å². The van der Waals surface area contributed by atoms with E-state index in [0.717, 1.165) is 42.7 Å². The maximum absolute atomic E-state index is 13.0. The number of aromatic nitrogens is 5. The predicted molar refractivity (Wildman–Crippen MR) is 230 cm³/mol. The standard InChI is InChI=1S/C45H50N10O8/c1-54-39(52-53-42(54)37-17-18-46-29-49-37)26-47-32-11-7-10-31(24-32)43(58)48-25-30-9-6-12-33(23-30)63-20-5-3-2-4-19-61-21-22-62-28-41(57)50-36-14-8-13-34-35(36)27-55(45(34)60)38-15-16-40(56)51-44(38)59/h6-14,17-18,23-24,29,38,47H,2-5,15-16,19-22,25-28H2,1H3,(H,48,58)(H,50,57)(H,51,56,59). The van der Waals surface area contributed by atoms with Gasteiger partial charge in [-0.3, -0.25) is 29.3 Å². The number of carbonyl (C=O) groups excluding carboxylic acids is 5. The van der Waals surface area contributed by atoms with E-state index in [1.807, 2.05) is 48.0 Å². The maximum Gasteiger partial charge on any atom is 0.255 e. The number of nitrogens with zero attached hydrogens (tertiary/aromatic N) is 6. The van der Waals surface area contributed by atoms with Gasteiger partial charge in [0.1, 0.15) is 30.4 Å². The summed E-state index contributed by atoms with van der Waals surface area (Å²) >= 11 is 0. The second-order valence-electron chi connectivity index (χ2n) is 15.1. The highest BCUT2D eigenvalue weighted by Crippen LogP contribution is 2.32. The number of anilines is 2. The highest BCUT2D eigenvalue weighted by molar-refractivity contribution is 6.07. The summed E-state index contributed by atoms with van der Waals surface area (Å²) in [5.41, 5.74) is 4.45. The molecule has 0 spiro atoms. The van der Waals surface area contributed by atoms with Crippen molar-refractivity contribution in [1.82, 2.24) is 40.3 Å². The maximum atomic E-state index is 13.0. The molecule has 328 valence electrons. The number of unbranched alkanes of at least 4 members (excludes halogenated alkanes) is 3. The van der Waals surface area contributed by atoms with Gasteiger partial charge in [-0.25, -0.2) is 9.97 Å². The molecular formula is C45H50N10O8.